The highest BCUT2D eigenvalue weighted by Crippen LogP contribution is 2.37. The number of aromatic nitrogens is 2. The molecular formula is C23H21F3N4O2. The molecular weight excluding hydrogens is 421 g/mol. The molecule has 1 aromatic heterocycles. The maximum atomic E-state index is 13.6. The summed E-state index contributed by atoms with van der Waals surface area (Å²) in [5.74, 6) is -0.305. The number of nitrogens with one attached hydrogen (secondary N) is 2. The number of fused-ring (bicyclic) bond motifs is 2. The zero-order valence-corrected chi connectivity index (χ0v) is 16.8. The molecule has 6 nitrogen and oxygen atoms in total. The van der Waals surface area contributed by atoms with E-state index in [4.69, 9.17) is 0 Å². The third-order valence-electron chi connectivity index (χ3n) is 6.01. The van der Waals surface area contributed by atoms with Crippen LogP contribution in [0.1, 0.15) is 40.0 Å². The van der Waals surface area contributed by atoms with Crippen molar-refractivity contribution in [2.24, 2.45) is 0 Å². The summed E-state index contributed by atoms with van der Waals surface area (Å²) < 4.78 is 40.7. The number of rotatable bonds is 4. The van der Waals surface area contributed by atoms with Gasteiger partial charge in [-0.15, -0.1) is 0 Å². The normalized spacial score (nSPS) is 24.2. The molecule has 2 aliphatic carbocycles. The van der Waals surface area contributed by atoms with Gasteiger partial charge in [0.2, 0.25) is 5.95 Å². The van der Waals surface area contributed by atoms with Crippen LogP contribution in [0.2, 0.25) is 0 Å². The fraction of sp³-hybridized carbons (Fsp3) is 0.304. The summed E-state index contributed by atoms with van der Waals surface area (Å²) in [6, 6.07) is 14.4. The number of aliphatic hydroxyl groups excluding tert-OH is 2. The Hall–Kier alpha value is -3.17. The van der Waals surface area contributed by atoms with Gasteiger partial charge in [-0.3, -0.25) is 0 Å². The van der Waals surface area contributed by atoms with Gasteiger partial charge in [-0.05, 0) is 22.3 Å². The third-order valence-corrected chi connectivity index (χ3v) is 6.01. The van der Waals surface area contributed by atoms with E-state index in [1.165, 1.54) is 0 Å². The quantitative estimate of drug-likeness (QED) is 0.493. The van der Waals surface area contributed by atoms with E-state index in [-0.39, 0.29) is 11.8 Å². The molecule has 0 amide bonds. The molecule has 4 N–H and O–H groups in total. The third kappa shape index (κ3) is 3.78. The average Bonchev–Trinajstić information content (AvgIpc) is 3.23. The van der Waals surface area contributed by atoms with Crippen LogP contribution in [0.5, 0.6) is 0 Å². The monoisotopic (exact) mass is 442 g/mol. The number of nitrogens with zero attached hydrogens (tertiary/aromatic N) is 2. The second-order valence-corrected chi connectivity index (χ2v) is 8.14. The van der Waals surface area contributed by atoms with Gasteiger partial charge in [0, 0.05) is 18.9 Å². The second-order valence-electron chi connectivity index (χ2n) is 8.14. The summed E-state index contributed by atoms with van der Waals surface area (Å²) in [5, 5.41) is 26.8. The Balaban J connectivity index is 1.48. The van der Waals surface area contributed by atoms with Crippen LogP contribution in [-0.4, -0.2) is 32.4 Å². The number of hydrogen-bond acceptors (Lipinski definition) is 6. The number of alkyl halides is 3. The molecule has 3 aromatic rings. The highest BCUT2D eigenvalue weighted by molar-refractivity contribution is 5.50. The zero-order chi connectivity index (χ0) is 22.5. The number of aliphatic hydroxyl groups is 2. The number of hydrogen-bond donors (Lipinski definition) is 4. The van der Waals surface area contributed by atoms with E-state index >= 15 is 0 Å². The minimum Gasteiger partial charge on any atom is -0.390 e. The maximum Gasteiger partial charge on any atom is 0.433 e. The van der Waals surface area contributed by atoms with Gasteiger partial charge in [0.1, 0.15) is 5.82 Å². The van der Waals surface area contributed by atoms with Gasteiger partial charge in [-0.25, -0.2) is 4.98 Å². The van der Waals surface area contributed by atoms with Gasteiger partial charge < -0.3 is 20.8 Å². The molecule has 166 valence electrons. The summed E-state index contributed by atoms with van der Waals surface area (Å²) in [6.45, 7) is 0. The van der Waals surface area contributed by atoms with E-state index in [2.05, 4.69) is 20.6 Å². The molecule has 2 aliphatic rings. The van der Waals surface area contributed by atoms with Crippen molar-refractivity contribution in [2.45, 2.75) is 43.3 Å². The van der Waals surface area contributed by atoms with Crippen molar-refractivity contribution in [1.82, 2.24) is 9.97 Å². The van der Waals surface area contributed by atoms with Gasteiger partial charge >= 0.3 is 6.18 Å². The lowest BCUT2D eigenvalue weighted by Crippen LogP contribution is -2.25. The fourth-order valence-electron chi connectivity index (χ4n) is 4.53. The van der Waals surface area contributed by atoms with Gasteiger partial charge in [-0.2, -0.15) is 18.2 Å². The largest absolute Gasteiger partial charge is 0.433 e. The van der Waals surface area contributed by atoms with E-state index in [0.29, 0.717) is 12.8 Å². The minimum absolute atomic E-state index is 0.0589. The lowest BCUT2D eigenvalue weighted by atomic mass is 10.1. The van der Waals surface area contributed by atoms with Crippen molar-refractivity contribution in [2.75, 3.05) is 10.6 Å². The Morgan fingerprint density at radius 3 is 1.88 bits per heavy atom. The molecule has 5 rings (SSSR count). The maximum absolute atomic E-state index is 13.6. The highest BCUT2D eigenvalue weighted by Gasteiger charge is 2.37. The molecule has 0 spiro atoms. The summed E-state index contributed by atoms with van der Waals surface area (Å²) in [6.07, 6.45) is -5.50. The van der Waals surface area contributed by atoms with E-state index in [9.17, 15) is 23.4 Å². The zero-order valence-electron chi connectivity index (χ0n) is 16.8. The summed E-state index contributed by atoms with van der Waals surface area (Å²) >= 11 is 0. The first-order chi connectivity index (χ1) is 15.3. The first-order valence-electron chi connectivity index (χ1n) is 10.3. The van der Waals surface area contributed by atoms with Crippen molar-refractivity contribution in [1.29, 1.82) is 0 Å². The van der Waals surface area contributed by atoms with Crippen molar-refractivity contribution in [3.8, 4) is 0 Å². The molecule has 0 bridgehead atoms. The molecule has 0 fully saturated rings. The Kier molecular flexibility index (Phi) is 5.02. The average molecular weight is 442 g/mol. The highest BCUT2D eigenvalue weighted by atomic mass is 19.4. The van der Waals surface area contributed by atoms with Crippen LogP contribution in [0, 0.1) is 0 Å². The number of benzene rings is 2. The van der Waals surface area contributed by atoms with Crippen LogP contribution in [0.25, 0.3) is 0 Å². The van der Waals surface area contributed by atoms with Gasteiger partial charge in [0.25, 0.3) is 0 Å². The van der Waals surface area contributed by atoms with Gasteiger partial charge in [0.05, 0.1) is 24.3 Å². The van der Waals surface area contributed by atoms with E-state index in [1.54, 1.807) is 0 Å². The summed E-state index contributed by atoms with van der Waals surface area (Å²) in [5.41, 5.74) is 2.37. The molecule has 0 unspecified atom stereocenters. The van der Waals surface area contributed by atoms with Crippen molar-refractivity contribution in [3.63, 3.8) is 0 Å². The molecule has 32 heavy (non-hydrogen) atoms. The Morgan fingerprint density at radius 2 is 1.31 bits per heavy atom. The van der Waals surface area contributed by atoms with Gasteiger partial charge in [0.15, 0.2) is 5.69 Å². The fourth-order valence-corrected chi connectivity index (χ4v) is 4.53. The predicted octanol–water partition coefficient (Wildman–Crippen LogP) is 3.64. The first-order valence-corrected chi connectivity index (χ1v) is 10.3. The van der Waals surface area contributed by atoms with Crippen LogP contribution >= 0.6 is 0 Å². The lowest BCUT2D eigenvalue weighted by Gasteiger charge is -2.22. The Labute approximate surface area is 182 Å². The number of halogens is 3. The lowest BCUT2D eigenvalue weighted by molar-refractivity contribution is -0.141. The standard InChI is InChI=1S/C23H21F3N4O2/c24-23(25,26)18-11-19(28-20-14-7-3-1-5-12(14)9-16(20)31)29-22(27-18)30-21-15-8-4-2-6-13(15)10-17(21)32/h1-8,11,16-17,20-21,31-32H,9-10H2,(H2,27,28,29,30)/t16-,17-,20+,21+/m1/s1. The predicted molar refractivity (Wildman–Crippen MR) is 112 cm³/mol. The summed E-state index contributed by atoms with van der Waals surface area (Å²) in [4.78, 5) is 7.89. The van der Waals surface area contributed by atoms with Crippen LogP contribution in [-0.2, 0) is 19.0 Å². The molecule has 0 aliphatic heterocycles. The molecule has 2 aromatic carbocycles. The van der Waals surface area contributed by atoms with Gasteiger partial charge in [-0.1, -0.05) is 48.5 Å². The first kappa shape index (κ1) is 20.7. The minimum atomic E-state index is -4.69. The second kappa shape index (κ2) is 7.75. The van der Waals surface area contributed by atoms with Crippen LogP contribution in [0.15, 0.2) is 54.6 Å². The molecule has 0 radical (unpaired) electrons. The molecule has 9 heteroatoms. The summed E-state index contributed by atoms with van der Waals surface area (Å²) in [7, 11) is 0. The number of anilines is 2. The smallest absolute Gasteiger partial charge is 0.390 e. The van der Waals surface area contributed by atoms with E-state index in [0.717, 1.165) is 28.3 Å². The molecule has 0 saturated carbocycles. The van der Waals surface area contributed by atoms with Crippen molar-refractivity contribution in [3.05, 3.63) is 82.5 Å². The van der Waals surface area contributed by atoms with Crippen molar-refractivity contribution < 1.29 is 23.4 Å². The SMILES string of the molecule is O[C@@H]1Cc2ccccc2[C@@H]1Nc1cc(C(F)(F)F)nc(N[C@H]2c3ccccc3C[C@H]2O)n1. The van der Waals surface area contributed by atoms with E-state index in [1.807, 2.05) is 48.5 Å². The van der Waals surface area contributed by atoms with Crippen molar-refractivity contribution >= 4 is 11.8 Å². The van der Waals surface area contributed by atoms with Crippen LogP contribution in [0.4, 0.5) is 24.9 Å². The van der Waals surface area contributed by atoms with E-state index < -0.39 is 36.2 Å². The molecule has 0 saturated heterocycles. The van der Waals surface area contributed by atoms with Crippen LogP contribution < -0.4 is 10.6 Å². The Morgan fingerprint density at radius 1 is 0.781 bits per heavy atom. The topological polar surface area (TPSA) is 90.3 Å². The molecule has 1 heterocycles. The Bertz CT molecular complexity index is 1070. The molecule has 4 atom stereocenters. The van der Waals surface area contributed by atoms with Crippen LogP contribution in [0.3, 0.4) is 0 Å².